The molecule has 3 nitrogen and oxygen atoms in total. The van der Waals surface area contributed by atoms with Crippen molar-refractivity contribution < 1.29 is 4.74 Å². The van der Waals surface area contributed by atoms with Crippen molar-refractivity contribution in [2.45, 2.75) is 52.9 Å². The number of rotatable bonds is 7. The van der Waals surface area contributed by atoms with Crippen LogP contribution in [0.5, 0.6) is 0 Å². The van der Waals surface area contributed by atoms with Crippen LogP contribution in [0.4, 0.5) is 0 Å². The SMILES string of the molecule is CC(C)(C#N)CCCCNCC1(C)CCOCC1. The summed E-state index contributed by atoms with van der Waals surface area (Å²) in [6.45, 7) is 10.4. The molecule has 0 aromatic heterocycles. The molecule has 0 unspecified atom stereocenters. The van der Waals surface area contributed by atoms with Crippen molar-refractivity contribution in [1.82, 2.24) is 5.32 Å². The number of hydrogen-bond acceptors (Lipinski definition) is 3. The van der Waals surface area contributed by atoms with Gasteiger partial charge in [0.05, 0.1) is 11.5 Å². The number of hydrogen-bond donors (Lipinski definition) is 1. The molecule has 1 aliphatic rings. The molecule has 0 spiro atoms. The number of nitriles is 1. The third-order valence-electron chi connectivity index (χ3n) is 3.96. The van der Waals surface area contributed by atoms with Crippen LogP contribution in [0.15, 0.2) is 0 Å². The zero-order valence-electron chi connectivity index (χ0n) is 12.2. The Labute approximate surface area is 112 Å². The summed E-state index contributed by atoms with van der Waals surface area (Å²) in [4.78, 5) is 0. The lowest BCUT2D eigenvalue weighted by Gasteiger charge is -2.33. The molecule has 0 radical (unpaired) electrons. The van der Waals surface area contributed by atoms with Crippen molar-refractivity contribution in [2.24, 2.45) is 10.8 Å². The molecule has 1 fully saturated rings. The summed E-state index contributed by atoms with van der Waals surface area (Å²) < 4.78 is 5.40. The van der Waals surface area contributed by atoms with Crippen LogP contribution >= 0.6 is 0 Å². The second-order valence-electron chi connectivity index (χ2n) is 6.55. The molecule has 0 aliphatic carbocycles. The Bertz CT molecular complexity index is 275. The van der Waals surface area contributed by atoms with E-state index in [1.54, 1.807) is 0 Å². The summed E-state index contributed by atoms with van der Waals surface area (Å²) in [5, 5.41) is 12.5. The highest BCUT2D eigenvalue weighted by Crippen LogP contribution is 2.28. The average molecular weight is 252 g/mol. The van der Waals surface area contributed by atoms with Crippen molar-refractivity contribution in [1.29, 1.82) is 5.26 Å². The molecular weight excluding hydrogens is 224 g/mol. The predicted molar refractivity (Wildman–Crippen MR) is 74.3 cm³/mol. The van der Waals surface area contributed by atoms with Gasteiger partial charge in [0.2, 0.25) is 0 Å². The molecule has 1 aliphatic heterocycles. The topological polar surface area (TPSA) is 45.0 Å². The van der Waals surface area contributed by atoms with Gasteiger partial charge in [-0.1, -0.05) is 13.3 Å². The first-order valence-electron chi connectivity index (χ1n) is 7.17. The number of ether oxygens (including phenoxy) is 1. The maximum atomic E-state index is 8.92. The van der Waals surface area contributed by atoms with Crippen molar-refractivity contribution in [3.8, 4) is 6.07 Å². The summed E-state index contributed by atoms with van der Waals surface area (Å²) in [5.41, 5.74) is 0.261. The minimum atomic E-state index is -0.160. The second kappa shape index (κ2) is 7.11. The van der Waals surface area contributed by atoms with E-state index < -0.39 is 0 Å². The smallest absolute Gasteiger partial charge is 0.0683 e. The Balaban J connectivity index is 2.03. The second-order valence-corrected chi connectivity index (χ2v) is 6.55. The van der Waals surface area contributed by atoms with Crippen LogP contribution in [0, 0.1) is 22.2 Å². The van der Waals surface area contributed by atoms with Gasteiger partial charge in [-0.05, 0) is 51.5 Å². The van der Waals surface area contributed by atoms with Crippen molar-refractivity contribution in [2.75, 3.05) is 26.3 Å². The highest BCUT2D eigenvalue weighted by atomic mass is 16.5. The van der Waals surface area contributed by atoms with Crippen LogP contribution in [0.2, 0.25) is 0 Å². The Morgan fingerprint density at radius 2 is 1.94 bits per heavy atom. The summed E-state index contributed by atoms with van der Waals surface area (Å²) >= 11 is 0. The fraction of sp³-hybridized carbons (Fsp3) is 0.933. The molecular formula is C15H28N2O. The molecule has 1 N–H and O–H groups in total. The van der Waals surface area contributed by atoms with E-state index in [1.165, 1.54) is 12.8 Å². The van der Waals surface area contributed by atoms with Gasteiger partial charge < -0.3 is 10.1 Å². The van der Waals surface area contributed by atoms with Crippen molar-refractivity contribution >= 4 is 0 Å². The Morgan fingerprint density at radius 3 is 2.56 bits per heavy atom. The number of nitrogens with one attached hydrogen (secondary N) is 1. The van der Waals surface area contributed by atoms with E-state index in [0.717, 1.165) is 45.6 Å². The minimum Gasteiger partial charge on any atom is -0.381 e. The fourth-order valence-corrected chi connectivity index (χ4v) is 2.30. The quantitative estimate of drug-likeness (QED) is 0.708. The zero-order valence-corrected chi connectivity index (χ0v) is 12.2. The molecule has 1 heterocycles. The third-order valence-corrected chi connectivity index (χ3v) is 3.96. The van der Waals surface area contributed by atoms with Gasteiger partial charge in [-0.25, -0.2) is 0 Å². The van der Waals surface area contributed by atoms with E-state index in [-0.39, 0.29) is 5.41 Å². The predicted octanol–water partition coefficient (Wildman–Crippen LogP) is 3.11. The van der Waals surface area contributed by atoms with Gasteiger partial charge >= 0.3 is 0 Å². The summed E-state index contributed by atoms with van der Waals surface area (Å²) in [6.07, 6.45) is 5.63. The molecule has 0 atom stereocenters. The first kappa shape index (κ1) is 15.5. The summed E-state index contributed by atoms with van der Waals surface area (Å²) in [7, 11) is 0. The van der Waals surface area contributed by atoms with Gasteiger partial charge in [-0.15, -0.1) is 0 Å². The maximum absolute atomic E-state index is 8.92. The standard InChI is InChI=1S/C15H28N2O/c1-14(2,12-16)6-4-5-9-17-13-15(3)7-10-18-11-8-15/h17H,4-11,13H2,1-3H3. The Morgan fingerprint density at radius 1 is 1.28 bits per heavy atom. The van der Waals surface area contributed by atoms with Gasteiger partial charge in [0, 0.05) is 19.8 Å². The van der Waals surface area contributed by atoms with E-state index in [0.29, 0.717) is 5.41 Å². The van der Waals surface area contributed by atoms with Gasteiger partial charge in [0.1, 0.15) is 0 Å². The largest absolute Gasteiger partial charge is 0.381 e. The highest BCUT2D eigenvalue weighted by molar-refractivity contribution is 4.91. The number of unbranched alkanes of at least 4 members (excludes halogenated alkanes) is 1. The Hall–Kier alpha value is -0.590. The monoisotopic (exact) mass is 252 g/mol. The zero-order chi connectivity index (χ0) is 13.5. The molecule has 0 saturated carbocycles. The lowest BCUT2D eigenvalue weighted by Crippen LogP contribution is -2.37. The van der Waals surface area contributed by atoms with Crippen molar-refractivity contribution in [3.63, 3.8) is 0 Å². The van der Waals surface area contributed by atoms with E-state index >= 15 is 0 Å². The lowest BCUT2D eigenvalue weighted by molar-refractivity contribution is 0.0242. The van der Waals surface area contributed by atoms with Crippen LogP contribution in [0.3, 0.4) is 0 Å². The molecule has 0 amide bonds. The van der Waals surface area contributed by atoms with Gasteiger partial charge in [-0.3, -0.25) is 0 Å². The molecule has 18 heavy (non-hydrogen) atoms. The van der Waals surface area contributed by atoms with Crippen LogP contribution in [0.1, 0.15) is 52.9 Å². The van der Waals surface area contributed by atoms with E-state index in [4.69, 9.17) is 10.00 Å². The molecule has 0 aromatic rings. The van der Waals surface area contributed by atoms with Crippen LogP contribution < -0.4 is 5.32 Å². The Kier molecular flexibility index (Phi) is 6.11. The first-order valence-corrected chi connectivity index (χ1v) is 7.17. The molecule has 0 aromatic carbocycles. The average Bonchev–Trinajstić information content (AvgIpc) is 2.34. The van der Waals surface area contributed by atoms with Gasteiger partial charge in [-0.2, -0.15) is 5.26 Å². The highest BCUT2D eigenvalue weighted by Gasteiger charge is 2.26. The number of nitrogens with zero attached hydrogens (tertiary/aromatic N) is 1. The third kappa shape index (κ3) is 5.84. The summed E-state index contributed by atoms with van der Waals surface area (Å²) in [6, 6.07) is 2.36. The molecule has 104 valence electrons. The van der Waals surface area contributed by atoms with Gasteiger partial charge in [0.25, 0.3) is 0 Å². The van der Waals surface area contributed by atoms with Crippen LogP contribution in [-0.4, -0.2) is 26.3 Å². The van der Waals surface area contributed by atoms with Gasteiger partial charge in [0.15, 0.2) is 0 Å². The van der Waals surface area contributed by atoms with Crippen molar-refractivity contribution in [3.05, 3.63) is 0 Å². The molecule has 1 rings (SSSR count). The minimum absolute atomic E-state index is 0.160. The normalized spacial score (nSPS) is 19.4. The first-order chi connectivity index (χ1) is 8.47. The lowest BCUT2D eigenvalue weighted by atomic mass is 9.82. The fourth-order valence-electron chi connectivity index (χ4n) is 2.30. The van der Waals surface area contributed by atoms with Crippen LogP contribution in [-0.2, 0) is 4.74 Å². The molecule has 1 saturated heterocycles. The van der Waals surface area contributed by atoms with E-state index in [2.05, 4.69) is 18.3 Å². The molecule has 0 bridgehead atoms. The molecule has 3 heteroatoms. The summed E-state index contributed by atoms with van der Waals surface area (Å²) in [5.74, 6) is 0. The maximum Gasteiger partial charge on any atom is 0.0683 e. The van der Waals surface area contributed by atoms with E-state index in [1.807, 2.05) is 13.8 Å². The van der Waals surface area contributed by atoms with Crippen LogP contribution in [0.25, 0.3) is 0 Å². The van der Waals surface area contributed by atoms with E-state index in [9.17, 15) is 0 Å².